The summed E-state index contributed by atoms with van der Waals surface area (Å²) in [4.78, 5) is 12.6. The molecule has 4 rings (SSSR count). The van der Waals surface area contributed by atoms with Crippen LogP contribution < -0.4 is 10.2 Å². The third-order valence-corrected chi connectivity index (χ3v) is 3.84. The van der Waals surface area contributed by atoms with Gasteiger partial charge in [0.15, 0.2) is 11.3 Å². The molecule has 4 heteroatoms. The molecule has 0 bridgehead atoms. The molecule has 22 heavy (non-hydrogen) atoms. The Labute approximate surface area is 125 Å². The number of aromatic hydroxyl groups is 1. The maximum Gasteiger partial charge on any atom is 0.200 e. The second-order valence-electron chi connectivity index (χ2n) is 5.15. The summed E-state index contributed by atoms with van der Waals surface area (Å²) in [6.07, 6.45) is 0. The van der Waals surface area contributed by atoms with E-state index in [0.29, 0.717) is 16.4 Å². The Bertz CT molecular complexity index is 1090. The average molecular weight is 292 g/mol. The van der Waals surface area contributed by atoms with Gasteiger partial charge in [0.2, 0.25) is 5.43 Å². The van der Waals surface area contributed by atoms with E-state index in [0.717, 1.165) is 16.5 Å². The predicted molar refractivity (Wildman–Crippen MR) is 85.7 cm³/mol. The summed E-state index contributed by atoms with van der Waals surface area (Å²) in [5.74, 6) is 0.695. The highest BCUT2D eigenvalue weighted by Gasteiger charge is 2.11. The molecule has 0 aliphatic rings. The molecule has 0 saturated carbocycles. The molecule has 3 aromatic carbocycles. The minimum absolute atomic E-state index is 0.0358. The van der Waals surface area contributed by atoms with Crippen LogP contribution >= 0.6 is 0 Å². The lowest BCUT2D eigenvalue weighted by atomic mass is 10.1. The van der Waals surface area contributed by atoms with E-state index in [-0.39, 0.29) is 16.8 Å². The van der Waals surface area contributed by atoms with Gasteiger partial charge >= 0.3 is 0 Å². The Morgan fingerprint density at radius 1 is 1.00 bits per heavy atom. The normalized spacial score (nSPS) is 11.3. The van der Waals surface area contributed by atoms with E-state index in [9.17, 15) is 9.90 Å². The maximum absolute atomic E-state index is 12.6. The van der Waals surface area contributed by atoms with E-state index >= 15 is 0 Å². The molecule has 0 atom stereocenters. The number of fused-ring (bicyclic) bond motifs is 3. The number of ether oxygens (including phenoxy) is 1. The fraction of sp³-hybridized carbons (Fsp3) is 0.0556. The summed E-state index contributed by atoms with van der Waals surface area (Å²) in [6.45, 7) is 0. The topological polar surface area (TPSA) is 59.7 Å². The van der Waals surface area contributed by atoms with E-state index in [2.05, 4.69) is 0 Å². The average Bonchev–Trinajstić information content (AvgIpc) is 2.54. The van der Waals surface area contributed by atoms with E-state index in [4.69, 9.17) is 9.15 Å². The molecule has 1 heterocycles. The van der Waals surface area contributed by atoms with Crippen LogP contribution in [0.5, 0.6) is 11.5 Å². The molecule has 1 N–H and O–H groups in total. The molecule has 0 fully saturated rings. The van der Waals surface area contributed by atoms with Crippen molar-refractivity contribution < 1.29 is 14.3 Å². The standard InChI is InChI=1S/C18H12O4/c1-21-12-6-5-10-9-16-14(8-11(10)7-12)17(20)13-3-2-4-15(19)18(13)22-16/h2-9,19H,1H3. The second-order valence-corrected chi connectivity index (χ2v) is 5.15. The number of hydrogen-bond acceptors (Lipinski definition) is 4. The first kappa shape index (κ1) is 12.7. The van der Waals surface area contributed by atoms with Crippen molar-refractivity contribution in [3.63, 3.8) is 0 Å². The van der Waals surface area contributed by atoms with Gasteiger partial charge in [-0.25, -0.2) is 0 Å². The zero-order chi connectivity index (χ0) is 15.3. The van der Waals surface area contributed by atoms with Crippen LogP contribution in [-0.4, -0.2) is 12.2 Å². The van der Waals surface area contributed by atoms with E-state index in [1.54, 1.807) is 31.4 Å². The Hall–Kier alpha value is -3.01. The smallest absolute Gasteiger partial charge is 0.200 e. The largest absolute Gasteiger partial charge is 0.504 e. The molecule has 0 aliphatic carbocycles. The molecule has 0 saturated heterocycles. The van der Waals surface area contributed by atoms with Crippen molar-refractivity contribution in [2.75, 3.05) is 7.11 Å². The first-order valence-corrected chi connectivity index (χ1v) is 6.84. The SMILES string of the molecule is COc1ccc2cc3oc4c(O)cccc4c(=O)c3cc2c1. The van der Waals surface area contributed by atoms with Crippen molar-refractivity contribution in [2.24, 2.45) is 0 Å². The third-order valence-electron chi connectivity index (χ3n) is 3.84. The lowest BCUT2D eigenvalue weighted by molar-refractivity contribution is 0.415. The highest BCUT2D eigenvalue weighted by Crippen LogP contribution is 2.29. The zero-order valence-corrected chi connectivity index (χ0v) is 11.8. The van der Waals surface area contributed by atoms with Crippen LogP contribution in [0.1, 0.15) is 0 Å². The summed E-state index contributed by atoms with van der Waals surface area (Å²) >= 11 is 0. The van der Waals surface area contributed by atoms with Crippen LogP contribution in [0.4, 0.5) is 0 Å². The maximum atomic E-state index is 12.6. The Morgan fingerprint density at radius 2 is 1.86 bits per heavy atom. The number of phenolic OH excluding ortho intramolecular Hbond substituents is 1. The fourth-order valence-electron chi connectivity index (χ4n) is 2.71. The van der Waals surface area contributed by atoms with Crippen LogP contribution in [0, 0.1) is 0 Å². The van der Waals surface area contributed by atoms with Crippen LogP contribution in [0.3, 0.4) is 0 Å². The van der Waals surface area contributed by atoms with Crippen molar-refractivity contribution in [1.82, 2.24) is 0 Å². The first-order chi connectivity index (χ1) is 10.7. The highest BCUT2D eigenvalue weighted by molar-refractivity contribution is 6.00. The number of methoxy groups -OCH3 is 1. The molecule has 0 radical (unpaired) electrons. The first-order valence-electron chi connectivity index (χ1n) is 6.84. The number of benzene rings is 3. The van der Waals surface area contributed by atoms with Gasteiger partial charge in [0.25, 0.3) is 0 Å². The van der Waals surface area contributed by atoms with Gasteiger partial charge in [-0.15, -0.1) is 0 Å². The van der Waals surface area contributed by atoms with Crippen molar-refractivity contribution in [2.45, 2.75) is 0 Å². The third kappa shape index (κ3) is 1.74. The van der Waals surface area contributed by atoms with E-state index in [1.807, 2.05) is 18.2 Å². The highest BCUT2D eigenvalue weighted by atomic mass is 16.5. The molecule has 0 amide bonds. The molecule has 0 spiro atoms. The quantitative estimate of drug-likeness (QED) is 0.542. The van der Waals surface area contributed by atoms with Crippen molar-refractivity contribution >= 4 is 32.7 Å². The number of hydrogen-bond donors (Lipinski definition) is 1. The summed E-state index contributed by atoms with van der Waals surface area (Å²) in [5, 5.41) is 12.6. The van der Waals surface area contributed by atoms with Crippen LogP contribution in [0.15, 0.2) is 57.7 Å². The van der Waals surface area contributed by atoms with Gasteiger partial charge in [-0.05, 0) is 47.2 Å². The Morgan fingerprint density at radius 3 is 2.68 bits per heavy atom. The summed E-state index contributed by atoms with van der Waals surface area (Å²) in [7, 11) is 1.60. The van der Waals surface area contributed by atoms with Crippen LogP contribution in [0.25, 0.3) is 32.7 Å². The fourth-order valence-corrected chi connectivity index (χ4v) is 2.71. The second kappa shape index (κ2) is 4.49. The number of rotatable bonds is 1. The van der Waals surface area contributed by atoms with E-state index in [1.165, 1.54) is 6.07 Å². The zero-order valence-electron chi connectivity index (χ0n) is 11.8. The van der Waals surface area contributed by atoms with Crippen molar-refractivity contribution in [3.8, 4) is 11.5 Å². The Kier molecular flexibility index (Phi) is 2.60. The minimum atomic E-state index is -0.156. The molecule has 4 nitrogen and oxygen atoms in total. The molecule has 1 aromatic heterocycles. The van der Waals surface area contributed by atoms with Gasteiger partial charge in [-0.3, -0.25) is 4.79 Å². The predicted octanol–water partition coefficient (Wildman–Crippen LogP) is 3.81. The lowest BCUT2D eigenvalue weighted by Crippen LogP contribution is -2.02. The van der Waals surface area contributed by atoms with Gasteiger partial charge in [0.05, 0.1) is 17.9 Å². The lowest BCUT2D eigenvalue weighted by Gasteiger charge is -2.06. The Balaban J connectivity index is 2.19. The van der Waals surface area contributed by atoms with Crippen LogP contribution in [0.2, 0.25) is 0 Å². The van der Waals surface area contributed by atoms with Crippen molar-refractivity contribution in [3.05, 3.63) is 58.8 Å². The van der Waals surface area contributed by atoms with Crippen LogP contribution in [-0.2, 0) is 0 Å². The number of phenols is 1. The van der Waals surface area contributed by atoms with Gasteiger partial charge in [-0.2, -0.15) is 0 Å². The van der Waals surface area contributed by atoms with E-state index < -0.39 is 0 Å². The number of para-hydroxylation sites is 1. The molecular weight excluding hydrogens is 280 g/mol. The summed E-state index contributed by atoms with van der Waals surface area (Å²) < 4.78 is 11.0. The van der Waals surface area contributed by atoms with Crippen molar-refractivity contribution in [1.29, 1.82) is 0 Å². The molecule has 0 unspecified atom stereocenters. The molecular formula is C18H12O4. The molecule has 4 aromatic rings. The summed E-state index contributed by atoms with van der Waals surface area (Å²) in [6, 6.07) is 14.0. The monoisotopic (exact) mass is 292 g/mol. The van der Waals surface area contributed by atoms with Gasteiger partial charge in [0.1, 0.15) is 11.3 Å². The van der Waals surface area contributed by atoms with Gasteiger partial charge < -0.3 is 14.3 Å². The summed E-state index contributed by atoms with van der Waals surface area (Å²) in [5.41, 5.74) is 0.515. The minimum Gasteiger partial charge on any atom is -0.504 e. The van der Waals surface area contributed by atoms with Gasteiger partial charge in [-0.1, -0.05) is 12.1 Å². The van der Waals surface area contributed by atoms with Gasteiger partial charge in [0, 0.05) is 0 Å². The molecule has 108 valence electrons. The molecule has 0 aliphatic heterocycles.